The largest absolute Gasteiger partial charge is 0.383 e. The zero-order valence-electron chi connectivity index (χ0n) is 6.24. The quantitative estimate of drug-likeness (QED) is 0.524. The number of rotatable bonds is 3. The molecule has 6 nitrogen and oxygen atoms in total. The summed E-state index contributed by atoms with van der Waals surface area (Å²) < 4.78 is 4.81. The second-order valence-electron chi connectivity index (χ2n) is 2.14. The lowest BCUT2D eigenvalue weighted by Gasteiger charge is -2.04. The molecule has 62 valence electrons. The predicted molar refractivity (Wildman–Crippen MR) is 39.6 cm³/mol. The highest BCUT2D eigenvalue weighted by Gasteiger charge is 2.09. The summed E-state index contributed by atoms with van der Waals surface area (Å²) in [6, 6.07) is -0.287. The topological polar surface area (TPSA) is 103 Å². The number of H-pyrrole nitrogens is 1. The fourth-order valence-corrected chi connectivity index (χ4v) is 0.712. The van der Waals surface area contributed by atoms with Crippen molar-refractivity contribution in [2.45, 2.75) is 6.04 Å². The normalized spacial score (nSPS) is 13.3. The van der Waals surface area contributed by atoms with Crippen LogP contribution in [-0.4, -0.2) is 28.9 Å². The van der Waals surface area contributed by atoms with Crippen molar-refractivity contribution in [1.29, 1.82) is 0 Å². The molecule has 1 aromatic heterocycles. The molecule has 0 aliphatic rings. The lowest BCUT2D eigenvalue weighted by molar-refractivity contribution is 0.178. The summed E-state index contributed by atoms with van der Waals surface area (Å²) >= 11 is 0. The van der Waals surface area contributed by atoms with Crippen molar-refractivity contribution in [3.8, 4) is 0 Å². The van der Waals surface area contributed by atoms with Crippen molar-refractivity contribution >= 4 is 5.95 Å². The summed E-state index contributed by atoms with van der Waals surface area (Å²) in [5, 5.41) is 6.22. The Labute approximate surface area is 63.9 Å². The van der Waals surface area contributed by atoms with Crippen LogP contribution in [0.5, 0.6) is 0 Å². The van der Waals surface area contributed by atoms with E-state index in [4.69, 9.17) is 16.2 Å². The molecule has 1 atom stereocenters. The third-order valence-corrected chi connectivity index (χ3v) is 1.22. The molecule has 0 bridgehead atoms. The first kappa shape index (κ1) is 7.96. The lowest BCUT2D eigenvalue weighted by atomic mass is 10.3. The van der Waals surface area contributed by atoms with Gasteiger partial charge in [0.05, 0.1) is 12.6 Å². The molecule has 0 saturated carbocycles. The third-order valence-electron chi connectivity index (χ3n) is 1.22. The Morgan fingerprint density at radius 2 is 2.45 bits per heavy atom. The highest BCUT2D eigenvalue weighted by molar-refractivity contribution is 5.13. The van der Waals surface area contributed by atoms with Gasteiger partial charge in [0, 0.05) is 7.11 Å². The number of aromatic nitrogens is 3. The number of nitrogen functional groups attached to an aromatic ring is 1. The molecule has 0 amide bonds. The minimum atomic E-state index is -0.287. The summed E-state index contributed by atoms with van der Waals surface area (Å²) in [6.45, 7) is 0.397. The van der Waals surface area contributed by atoms with Crippen LogP contribution >= 0.6 is 0 Å². The lowest BCUT2D eigenvalue weighted by Crippen LogP contribution is -2.17. The Hall–Kier alpha value is -1.14. The minimum Gasteiger partial charge on any atom is -0.383 e. The van der Waals surface area contributed by atoms with E-state index in [1.54, 1.807) is 7.11 Å². The maximum atomic E-state index is 5.60. The van der Waals surface area contributed by atoms with E-state index in [0.29, 0.717) is 12.4 Å². The van der Waals surface area contributed by atoms with E-state index in [-0.39, 0.29) is 12.0 Å². The fraction of sp³-hybridized carbons (Fsp3) is 0.600. The number of methoxy groups -OCH3 is 1. The smallest absolute Gasteiger partial charge is 0.239 e. The number of nitrogens with zero attached hydrogens (tertiary/aromatic N) is 2. The molecule has 1 aromatic rings. The first-order chi connectivity index (χ1) is 5.24. The van der Waals surface area contributed by atoms with Crippen LogP contribution in [0.15, 0.2) is 0 Å². The van der Waals surface area contributed by atoms with Crippen LogP contribution in [0.4, 0.5) is 5.95 Å². The summed E-state index contributed by atoms with van der Waals surface area (Å²) in [7, 11) is 1.57. The van der Waals surface area contributed by atoms with Crippen LogP contribution in [-0.2, 0) is 4.74 Å². The first-order valence-corrected chi connectivity index (χ1v) is 3.16. The Kier molecular flexibility index (Phi) is 2.40. The maximum absolute atomic E-state index is 5.60. The van der Waals surface area contributed by atoms with E-state index in [2.05, 4.69) is 15.2 Å². The molecule has 0 radical (unpaired) electrons. The number of nitrogens with one attached hydrogen (secondary N) is 1. The number of hydrogen-bond acceptors (Lipinski definition) is 5. The van der Waals surface area contributed by atoms with Gasteiger partial charge in [0.15, 0.2) is 0 Å². The van der Waals surface area contributed by atoms with Crippen molar-refractivity contribution < 1.29 is 4.74 Å². The first-order valence-electron chi connectivity index (χ1n) is 3.16. The van der Waals surface area contributed by atoms with Gasteiger partial charge in [-0.2, -0.15) is 4.98 Å². The van der Waals surface area contributed by atoms with Gasteiger partial charge in [0.1, 0.15) is 5.82 Å². The van der Waals surface area contributed by atoms with Gasteiger partial charge in [-0.25, -0.2) is 0 Å². The number of aromatic amines is 1. The molecule has 5 N–H and O–H groups in total. The van der Waals surface area contributed by atoms with Crippen molar-refractivity contribution in [3.63, 3.8) is 0 Å². The Morgan fingerprint density at radius 1 is 1.73 bits per heavy atom. The molecular weight excluding hydrogens is 146 g/mol. The van der Waals surface area contributed by atoms with E-state index >= 15 is 0 Å². The van der Waals surface area contributed by atoms with Gasteiger partial charge in [0.2, 0.25) is 5.95 Å². The summed E-state index contributed by atoms with van der Waals surface area (Å²) in [5.74, 6) is 0.746. The van der Waals surface area contributed by atoms with Crippen molar-refractivity contribution in [2.75, 3.05) is 19.5 Å². The van der Waals surface area contributed by atoms with Crippen LogP contribution in [0.25, 0.3) is 0 Å². The fourth-order valence-electron chi connectivity index (χ4n) is 0.712. The molecule has 1 rings (SSSR count). The molecule has 0 aromatic carbocycles. The highest BCUT2D eigenvalue weighted by atomic mass is 16.5. The molecule has 0 fully saturated rings. The van der Waals surface area contributed by atoms with Crippen molar-refractivity contribution in [2.24, 2.45) is 5.73 Å². The average Bonchev–Trinajstić information content (AvgIpc) is 2.36. The SMILES string of the molecule is COCC(N)c1nc(N)n[nH]1. The van der Waals surface area contributed by atoms with Crippen LogP contribution < -0.4 is 11.5 Å². The Balaban J connectivity index is 2.60. The number of anilines is 1. The van der Waals surface area contributed by atoms with E-state index in [1.807, 2.05) is 0 Å². The average molecular weight is 157 g/mol. The summed E-state index contributed by atoms with van der Waals surface area (Å²) in [4.78, 5) is 3.84. The Bertz CT molecular complexity index is 222. The summed E-state index contributed by atoms with van der Waals surface area (Å²) in [6.07, 6.45) is 0. The molecule has 0 spiro atoms. The van der Waals surface area contributed by atoms with Crippen LogP contribution in [0, 0.1) is 0 Å². The highest BCUT2D eigenvalue weighted by Crippen LogP contribution is 2.03. The van der Waals surface area contributed by atoms with Gasteiger partial charge in [0.25, 0.3) is 0 Å². The van der Waals surface area contributed by atoms with Gasteiger partial charge >= 0.3 is 0 Å². The van der Waals surface area contributed by atoms with Crippen LogP contribution in [0.2, 0.25) is 0 Å². The van der Waals surface area contributed by atoms with Gasteiger partial charge in [-0.05, 0) is 0 Å². The van der Waals surface area contributed by atoms with E-state index < -0.39 is 0 Å². The predicted octanol–water partition coefficient (Wildman–Crippen LogP) is -0.967. The molecule has 11 heavy (non-hydrogen) atoms. The molecule has 0 aliphatic carbocycles. The second kappa shape index (κ2) is 3.31. The van der Waals surface area contributed by atoms with E-state index in [1.165, 1.54) is 0 Å². The molecule has 0 saturated heterocycles. The third kappa shape index (κ3) is 1.89. The van der Waals surface area contributed by atoms with Gasteiger partial charge < -0.3 is 16.2 Å². The standard InChI is InChI=1S/C5H11N5O/c1-11-2-3(6)4-8-5(7)10-9-4/h3H,2,6H2,1H3,(H3,7,8,9,10). The van der Waals surface area contributed by atoms with E-state index in [9.17, 15) is 0 Å². The minimum absolute atomic E-state index is 0.201. The summed E-state index contributed by atoms with van der Waals surface area (Å²) in [5.41, 5.74) is 10.9. The van der Waals surface area contributed by atoms with Crippen molar-refractivity contribution in [1.82, 2.24) is 15.2 Å². The number of nitrogens with two attached hydrogens (primary N) is 2. The number of ether oxygens (including phenoxy) is 1. The van der Waals surface area contributed by atoms with Crippen LogP contribution in [0.3, 0.4) is 0 Å². The molecule has 1 heterocycles. The van der Waals surface area contributed by atoms with Crippen molar-refractivity contribution in [3.05, 3.63) is 5.82 Å². The van der Waals surface area contributed by atoms with Gasteiger partial charge in [-0.1, -0.05) is 0 Å². The molecular formula is C5H11N5O. The zero-order chi connectivity index (χ0) is 8.27. The molecule has 6 heteroatoms. The Morgan fingerprint density at radius 3 is 2.91 bits per heavy atom. The van der Waals surface area contributed by atoms with Crippen LogP contribution in [0.1, 0.15) is 11.9 Å². The van der Waals surface area contributed by atoms with Gasteiger partial charge in [-0.3, -0.25) is 5.10 Å². The molecule has 1 unspecified atom stereocenters. The van der Waals surface area contributed by atoms with Gasteiger partial charge in [-0.15, -0.1) is 5.10 Å². The van der Waals surface area contributed by atoms with E-state index in [0.717, 1.165) is 0 Å². The zero-order valence-corrected chi connectivity index (χ0v) is 6.24. The monoisotopic (exact) mass is 157 g/mol. The second-order valence-corrected chi connectivity index (χ2v) is 2.14. The number of hydrogen-bond donors (Lipinski definition) is 3. The maximum Gasteiger partial charge on any atom is 0.239 e. The molecule has 0 aliphatic heterocycles.